The summed E-state index contributed by atoms with van der Waals surface area (Å²) in [4.78, 5) is 19.8. The van der Waals surface area contributed by atoms with Gasteiger partial charge in [0.05, 0.1) is 27.6 Å². The average molecular weight is 596 g/mol. The monoisotopic (exact) mass is 595 g/mol. The molecular weight excluding hydrogens is 571 g/mol. The van der Waals surface area contributed by atoms with E-state index < -0.39 is 41.4 Å². The van der Waals surface area contributed by atoms with Crippen molar-refractivity contribution < 1.29 is 27.4 Å². The molecule has 0 radical (unpaired) electrons. The van der Waals surface area contributed by atoms with E-state index in [4.69, 9.17) is 26.1 Å². The van der Waals surface area contributed by atoms with Crippen LogP contribution in [0.5, 0.6) is 5.75 Å². The van der Waals surface area contributed by atoms with E-state index >= 15 is 0 Å². The summed E-state index contributed by atoms with van der Waals surface area (Å²) in [7, 11) is 5.61. The van der Waals surface area contributed by atoms with E-state index in [1.54, 1.807) is 37.8 Å². The molecule has 194 valence electrons. The third-order valence-corrected chi connectivity index (χ3v) is 6.94. The Balaban J connectivity index is 1.96. The van der Waals surface area contributed by atoms with Crippen LogP contribution in [0.4, 0.5) is 18.0 Å². The van der Waals surface area contributed by atoms with Crippen molar-refractivity contribution in [2.75, 3.05) is 0 Å². The van der Waals surface area contributed by atoms with Gasteiger partial charge >= 0.3 is 12.7 Å². The normalized spacial score (nSPS) is 17.8. The van der Waals surface area contributed by atoms with Crippen LogP contribution in [-0.2, 0) is 4.74 Å². The van der Waals surface area contributed by atoms with Gasteiger partial charge in [-0.05, 0) is 60.1 Å². The van der Waals surface area contributed by atoms with Gasteiger partial charge in [-0.25, -0.2) is 14.2 Å². The van der Waals surface area contributed by atoms with Gasteiger partial charge in [-0.15, -0.1) is 0 Å². The number of carbonyl (C=O) groups excluding carboxylic acids is 1. The van der Waals surface area contributed by atoms with Gasteiger partial charge in [0, 0.05) is 23.1 Å². The molecule has 1 aromatic heterocycles. The SMILES string of the molecule is BC(B)(B)N(C(=O)OC(C)(C)C)[C@@H]1C[C@H](c2c(Cl)cccc2OC(F)F)n2c1nc1cc(F)c(Br)cc12. The van der Waals surface area contributed by atoms with Crippen molar-refractivity contribution >= 4 is 68.2 Å². The highest BCUT2D eigenvalue weighted by Crippen LogP contribution is 2.49. The van der Waals surface area contributed by atoms with Crippen molar-refractivity contribution in [3.63, 3.8) is 0 Å². The number of alkyl halides is 2. The molecule has 0 saturated carbocycles. The van der Waals surface area contributed by atoms with Gasteiger partial charge < -0.3 is 18.9 Å². The van der Waals surface area contributed by atoms with Crippen molar-refractivity contribution in [1.29, 1.82) is 0 Å². The molecule has 0 spiro atoms. The van der Waals surface area contributed by atoms with Crippen molar-refractivity contribution in [3.8, 4) is 5.75 Å². The average Bonchev–Trinajstić information content (AvgIpc) is 3.24. The molecule has 14 heteroatoms. The first kappa shape index (κ1) is 27.8. The lowest BCUT2D eigenvalue weighted by Gasteiger charge is -2.41. The number of carbonyl (C=O) groups is 1. The zero-order valence-corrected chi connectivity index (χ0v) is 23.6. The number of aromatic nitrogens is 2. The molecule has 1 aliphatic heterocycles. The maximum Gasteiger partial charge on any atom is 0.409 e. The summed E-state index contributed by atoms with van der Waals surface area (Å²) in [5.74, 6) is -0.125. The predicted octanol–water partition coefficient (Wildman–Crippen LogP) is 3.97. The van der Waals surface area contributed by atoms with E-state index in [-0.39, 0.29) is 21.7 Å². The minimum atomic E-state index is -3.07. The Morgan fingerprint density at radius 2 is 1.95 bits per heavy atom. The molecule has 2 atom stereocenters. The van der Waals surface area contributed by atoms with Gasteiger partial charge in [0.1, 0.15) is 46.5 Å². The number of benzene rings is 2. The van der Waals surface area contributed by atoms with Gasteiger partial charge in [-0.2, -0.15) is 8.78 Å². The van der Waals surface area contributed by atoms with Crippen LogP contribution in [0.15, 0.2) is 34.8 Å². The van der Waals surface area contributed by atoms with Crippen LogP contribution in [0, 0.1) is 5.82 Å². The molecule has 0 aliphatic carbocycles. The highest BCUT2D eigenvalue weighted by atomic mass is 79.9. The van der Waals surface area contributed by atoms with E-state index in [2.05, 4.69) is 15.9 Å². The van der Waals surface area contributed by atoms with E-state index in [0.717, 1.165) is 0 Å². The highest BCUT2D eigenvalue weighted by molar-refractivity contribution is 9.10. The molecule has 0 bridgehead atoms. The fraction of sp³-hybridized carbons (Fsp3) is 0.391. The van der Waals surface area contributed by atoms with Gasteiger partial charge in [-0.1, -0.05) is 17.7 Å². The molecule has 1 aliphatic rings. The second kappa shape index (κ2) is 9.80. The minimum Gasteiger partial charge on any atom is -0.444 e. The fourth-order valence-electron chi connectivity index (χ4n) is 4.78. The molecule has 1 amide bonds. The quantitative estimate of drug-likeness (QED) is 0.419. The number of ether oxygens (including phenoxy) is 2. The van der Waals surface area contributed by atoms with Crippen LogP contribution < -0.4 is 4.74 Å². The maximum absolute atomic E-state index is 14.5. The first-order valence-corrected chi connectivity index (χ1v) is 12.9. The molecule has 4 rings (SSSR count). The van der Waals surface area contributed by atoms with Crippen LogP contribution >= 0.6 is 27.5 Å². The predicted molar refractivity (Wildman–Crippen MR) is 147 cm³/mol. The lowest BCUT2D eigenvalue weighted by atomic mass is 9.48. The molecule has 0 N–H and O–H groups in total. The summed E-state index contributed by atoms with van der Waals surface area (Å²) in [5, 5.41) is -0.489. The number of rotatable bonds is 5. The lowest BCUT2D eigenvalue weighted by molar-refractivity contribution is -0.0506. The molecular formula is C23H25B3BrClF3N3O3. The standard InChI is InChI=1S/C23H25B3BrClF3N3O3/c1-22(2,3)37-21(35)34(23(24,25)26)16-9-15(18-11(28)5-4-6-17(18)36-20(30)31)33-14-7-10(27)12(29)8-13(14)32-19(16)33/h4-8,15-16,20H,9,24-26H2,1-3H3/t15-,16-/m1/s1. The van der Waals surface area contributed by atoms with Crippen molar-refractivity contribution in [3.05, 3.63) is 57.0 Å². The van der Waals surface area contributed by atoms with E-state index in [0.29, 0.717) is 22.4 Å². The number of fused-ring (bicyclic) bond motifs is 3. The van der Waals surface area contributed by atoms with Crippen molar-refractivity contribution in [2.24, 2.45) is 0 Å². The van der Waals surface area contributed by atoms with Crippen LogP contribution in [0.1, 0.15) is 50.7 Å². The maximum atomic E-state index is 14.5. The number of halogens is 5. The summed E-state index contributed by atoms with van der Waals surface area (Å²) in [6.07, 6.45) is -0.299. The first-order chi connectivity index (χ1) is 17.1. The Bertz CT molecular complexity index is 1360. The first-order valence-electron chi connectivity index (χ1n) is 11.7. The van der Waals surface area contributed by atoms with E-state index in [1.807, 2.05) is 28.1 Å². The van der Waals surface area contributed by atoms with Gasteiger partial charge in [0.25, 0.3) is 0 Å². The number of amides is 1. The second-order valence-corrected chi connectivity index (χ2v) is 12.2. The molecule has 6 nitrogen and oxygen atoms in total. The summed E-state index contributed by atoms with van der Waals surface area (Å²) in [6, 6.07) is 6.13. The molecule has 0 fully saturated rings. The van der Waals surface area contributed by atoms with Gasteiger partial charge in [0.2, 0.25) is 0 Å². The Morgan fingerprint density at radius 3 is 2.54 bits per heavy atom. The molecule has 3 aromatic rings. The Morgan fingerprint density at radius 1 is 1.27 bits per heavy atom. The van der Waals surface area contributed by atoms with Crippen LogP contribution in [0.2, 0.25) is 5.02 Å². The molecule has 0 saturated heterocycles. The number of hydrogen-bond donors (Lipinski definition) is 0. The number of hydrogen-bond acceptors (Lipinski definition) is 4. The minimum absolute atomic E-state index is 0.0818. The summed E-state index contributed by atoms with van der Waals surface area (Å²) < 4.78 is 53.7. The molecule has 0 unspecified atom stereocenters. The zero-order valence-electron chi connectivity index (χ0n) is 21.3. The van der Waals surface area contributed by atoms with Crippen molar-refractivity contribution in [1.82, 2.24) is 14.5 Å². The summed E-state index contributed by atoms with van der Waals surface area (Å²) in [5.41, 5.74) is 0.475. The smallest absolute Gasteiger partial charge is 0.409 e. The molecule has 2 heterocycles. The number of nitrogens with zero attached hydrogens (tertiary/aromatic N) is 3. The van der Waals surface area contributed by atoms with Crippen LogP contribution in [0.3, 0.4) is 0 Å². The molecule has 37 heavy (non-hydrogen) atoms. The van der Waals surface area contributed by atoms with Gasteiger partial charge in [0.15, 0.2) is 0 Å². The highest BCUT2D eigenvalue weighted by Gasteiger charge is 2.46. The van der Waals surface area contributed by atoms with E-state index in [1.165, 1.54) is 18.2 Å². The van der Waals surface area contributed by atoms with Crippen molar-refractivity contribution in [2.45, 2.75) is 56.7 Å². The Labute approximate surface area is 229 Å². The Hall–Kier alpha value is -2.27. The lowest BCUT2D eigenvalue weighted by Crippen LogP contribution is -2.56. The largest absolute Gasteiger partial charge is 0.444 e. The third kappa shape index (κ3) is 5.48. The summed E-state index contributed by atoms with van der Waals surface area (Å²) in [6.45, 7) is 2.26. The third-order valence-electron chi connectivity index (χ3n) is 6.00. The topological polar surface area (TPSA) is 56.6 Å². The zero-order chi connectivity index (χ0) is 27.4. The van der Waals surface area contributed by atoms with Crippen LogP contribution in [0.25, 0.3) is 11.0 Å². The van der Waals surface area contributed by atoms with Crippen LogP contribution in [-0.4, -0.2) is 61.5 Å². The Kier molecular flexibility index (Phi) is 7.35. The summed E-state index contributed by atoms with van der Waals surface area (Å²) >= 11 is 9.80. The number of imidazole rings is 1. The van der Waals surface area contributed by atoms with E-state index in [9.17, 15) is 18.0 Å². The molecule has 2 aromatic carbocycles. The fourth-order valence-corrected chi connectivity index (χ4v) is 5.40. The second-order valence-electron chi connectivity index (χ2n) is 10.9. The van der Waals surface area contributed by atoms with Gasteiger partial charge in [-0.3, -0.25) is 0 Å².